The number of anilines is 1. The Labute approximate surface area is 107 Å². The van der Waals surface area contributed by atoms with Crippen LogP contribution in [-0.4, -0.2) is 60.7 Å². The van der Waals surface area contributed by atoms with Gasteiger partial charge in [-0.3, -0.25) is 4.79 Å². The smallest absolute Gasteiger partial charge is 0.242 e. The summed E-state index contributed by atoms with van der Waals surface area (Å²) in [6.07, 6.45) is 1.72. The largest absolute Gasteiger partial charge is 0.383 e. The Morgan fingerprint density at radius 3 is 2.94 bits per heavy atom. The number of amides is 1. The summed E-state index contributed by atoms with van der Waals surface area (Å²) in [6.45, 7) is 4.97. The van der Waals surface area contributed by atoms with Crippen molar-refractivity contribution < 1.29 is 9.53 Å². The van der Waals surface area contributed by atoms with Crippen molar-refractivity contribution in [2.75, 3.05) is 44.8 Å². The minimum atomic E-state index is 0.120. The normalized spacial score (nSPS) is 16.2. The molecule has 0 atom stereocenters. The van der Waals surface area contributed by atoms with Crippen molar-refractivity contribution in [2.24, 2.45) is 0 Å². The Bertz CT molecular complexity index is 424. The summed E-state index contributed by atoms with van der Waals surface area (Å²) >= 11 is 0. The standard InChI is InChI=1S/C12H18N4O2/c1-10-13-4-3-11(14-10)16-6-5-15(7-8-18-2)12(17)9-16/h3-4H,5-9H2,1-2H3. The van der Waals surface area contributed by atoms with Gasteiger partial charge in [-0.15, -0.1) is 0 Å². The number of piperazine rings is 1. The molecule has 18 heavy (non-hydrogen) atoms. The molecule has 6 nitrogen and oxygen atoms in total. The molecule has 0 aromatic carbocycles. The third-order valence-corrected chi connectivity index (χ3v) is 2.97. The molecule has 6 heteroatoms. The predicted octanol–water partition coefficient (Wildman–Crippen LogP) is 0.0800. The van der Waals surface area contributed by atoms with E-state index >= 15 is 0 Å². The molecule has 0 aliphatic carbocycles. The van der Waals surface area contributed by atoms with Crippen LogP contribution < -0.4 is 4.90 Å². The molecule has 2 heterocycles. The topological polar surface area (TPSA) is 58.6 Å². The lowest BCUT2D eigenvalue weighted by molar-refractivity contribution is -0.131. The summed E-state index contributed by atoms with van der Waals surface area (Å²) in [5.41, 5.74) is 0. The maximum Gasteiger partial charge on any atom is 0.242 e. The van der Waals surface area contributed by atoms with Crippen LogP contribution in [0.4, 0.5) is 5.82 Å². The molecule has 0 bridgehead atoms. The van der Waals surface area contributed by atoms with Crippen molar-refractivity contribution in [3.05, 3.63) is 18.1 Å². The van der Waals surface area contributed by atoms with Gasteiger partial charge in [0.2, 0.25) is 5.91 Å². The van der Waals surface area contributed by atoms with E-state index in [0.717, 1.165) is 18.2 Å². The van der Waals surface area contributed by atoms with E-state index in [2.05, 4.69) is 9.97 Å². The van der Waals surface area contributed by atoms with Crippen LogP contribution in [0.3, 0.4) is 0 Å². The lowest BCUT2D eigenvalue weighted by Crippen LogP contribution is -2.51. The van der Waals surface area contributed by atoms with Crippen LogP contribution in [0.2, 0.25) is 0 Å². The SMILES string of the molecule is COCCN1CCN(c2ccnc(C)n2)CC1=O. The number of hydrogen-bond acceptors (Lipinski definition) is 5. The highest BCUT2D eigenvalue weighted by atomic mass is 16.5. The van der Waals surface area contributed by atoms with Gasteiger partial charge in [0.25, 0.3) is 0 Å². The van der Waals surface area contributed by atoms with E-state index < -0.39 is 0 Å². The number of aromatic nitrogens is 2. The Morgan fingerprint density at radius 2 is 2.28 bits per heavy atom. The van der Waals surface area contributed by atoms with E-state index in [-0.39, 0.29) is 5.91 Å². The molecular formula is C12H18N4O2. The highest BCUT2D eigenvalue weighted by Gasteiger charge is 2.24. The van der Waals surface area contributed by atoms with Crippen molar-refractivity contribution in [1.82, 2.24) is 14.9 Å². The van der Waals surface area contributed by atoms with Gasteiger partial charge < -0.3 is 14.5 Å². The number of carbonyl (C=O) groups is 1. The summed E-state index contributed by atoms with van der Waals surface area (Å²) in [4.78, 5) is 24.2. The molecule has 1 aliphatic heterocycles. The Morgan fingerprint density at radius 1 is 1.44 bits per heavy atom. The third kappa shape index (κ3) is 2.95. The Kier molecular flexibility index (Phi) is 4.09. The van der Waals surface area contributed by atoms with Gasteiger partial charge in [-0.2, -0.15) is 0 Å². The van der Waals surface area contributed by atoms with Crippen molar-refractivity contribution >= 4 is 11.7 Å². The summed E-state index contributed by atoms with van der Waals surface area (Å²) in [5.74, 6) is 1.67. The predicted molar refractivity (Wildman–Crippen MR) is 67.4 cm³/mol. The molecule has 0 saturated carbocycles. The van der Waals surface area contributed by atoms with Crippen LogP contribution in [0.1, 0.15) is 5.82 Å². The summed E-state index contributed by atoms with van der Waals surface area (Å²) in [7, 11) is 1.64. The first kappa shape index (κ1) is 12.8. The van der Waals surface area contributed by atoms with E-state index in [1.165, 1.54) is 0 Å². The van der Waals surface area contributed by atoms with Gasteiger partial charge >= 0.3 is 0 Å². The van der Waals surface area contributed by atoms with Crippen LogP contribution in [0.15, 0.2) is 12.3 Å². The Balaban J connectivity index is 1.97. The van der Waals surface area contributed by atoms with Crippen molar-refractivity contribution in [1.29, 1.82) is 0 Å². The van der Waals surface area contributed by atoms with E-state index in [0.29, 0.717) is 26.2 Å². The zero-order valence-electron chi connectivity index (χ0n) is 10.8. The van der Waals surface area contributed by atoms with Gasteiger partial charge in [-0.25, -0.2) is 9.97 Å². The van der Waals surface area contributed by atoms with Gasteiger partial charge in [0.15, 0.2) is 0 Å². The zero-order valence-corrected chi connectivity index (χ0v) is 10.8. The second-order valence-corrected chi connectivity index (χ2v) is 4.26. The molecule has 1 aromatic rings. The third-order valence-electron chi connectivity index (χ3n) is 2.97. The molecule has 0 spiro atoms. The van der Waals surface area contributed by atoms with Crippen molar-refractivity contribution in [3.63, 3.8) is 0 Å². The van der Waals surface area contributed by atoms with Crippen LogP contribution in [0.5, 0.6) is 0 Å². The lowest BCUT2D eigenvalue weighted by atomic mass is 10.3. The quantitative estimate of drug-likeness (QED) is 0.757. The van der Waals surface area contributed by atoms with Gasteiger partial charge in [-0.05, 0) is 13.0 Å². The molecule has 1 saturated heterocycles. The molecular weight excluding hydrogens is 232 g/mol. The molecule has 1 aromatic heterocycles. The molecule has 0 radical (unpaired) electrons. The van der Waals surface area contributed by atoms with Gasteiger partial charge in [-0.1, -0.05) is 0 Å². The molecule has 1 aliphatic rings. The van der Waals surface area contributed by atoms with Crippen LogP contribution >= 0.6 is 0 Å². The molecule has 1 amide bonds. The van der Waals surface area contributed by atoms with E-state index in [4.69, 9.17) is 4.74 Å². The average molecular weight is 250 g/mol. The summed E-state index contributed by atoms with van der Waals surface area (Å²) < 4.78 is 4.99. The van der Waals surface area contributed by atoms with Gasteiger partial charge in [0.05, 0.1) is 13.2 Å². The number of carbonyl (C=O) groups excluding carboxylic acids is 1. The fourth-order valence-corrected chi connectivity index (χ4v) is 1.96. The number of hydrogen-bond donors (Lipinski definition) is 0. The average Bonchev–Trinajstić information content (AvgIpc) is 2.37. The maximum atomic E-state index is 12.0. The second-order valence-electron chi connectivity index (χ2n) is 4.26. The van der Waals surface area contributed by atoms with Crippen molar-refractivity contribution in [2.45, 2.75) is 6.92 Å². The van der Waals surface area contributed by atoms with Crippen LogP contribution in [-0.2, 0) is 9.53 Å². The number of aryl methyl sites for hydroxylation is 1. The molecule has 0 unspecified atom stereocenters. The minimum Gasteiger partial charge on any atom is -0.383 e. The molecule has 2 rings (SSSR count). The minimum absolute atomic E-state index is 0.120. The molecule has 98 valence electrons. The first-order chi connectivity index (χ1) is 8.70. The molecule has 0 N–H and O–H groups in total. The monoisotopic (exact) mass is 250 g/mol. The fourth-order valence-electron chi connectivity index (χ4n) is 1.96. The fraction of sp³-hybridized carbons (Fsp3) is 0.583. The highest BCUT2D eigenvalue weighted by Crippen LogP contribution is 2.13. The first-order valence-corrected chi connectivity index (χ1v) is 6.02. The van der Waals surface area contributed by atoms with E-state index in [1.807, 2.05) is 22.8 Å². The lowest BCUT2D eigenvalue weighted by Gasteiger charge is -2.34. The maximum absolute atomic E-state index is 12.0. The zero-order chi connectivity index (χ0) is 13.0. The second kappa shape index (κ2) is 5.77. The van der Waals surface area contributed by atoms with Gasteiger partial charge in [0, 0.05) is 32.9 Å². The number of ether oxygens (including phenoxy) is 1. The first-order valence-electron chi connectivity index (χ1n) is 6.02. The highest BCUT2D eigenvalue weighted by molar-refractivity contribution is 5.82. The van der Waals surface area contributed by atoms with E-state index in [1.54, 1.807) is 13.3 Å². The number of methoxy groups -OCH3 is 1. The van der Waals surface area contributed by atoms with E-state index in [9.17, 15) is 4.79 Å². The van der Waals surface area contributed by atoms with Gasteiger partial charge in [0.1, 0.15) is 11.6 Å². The Hall–Kier alpha value is -1.69. The molecule has 1 fully saturated rings. The van der Waals surface area contributed by atoms with Crippen LogP contribution in [0.25, 0.3) is 0 Å². The summed E-state index contributed by atoms with van der Waals surface area (Å²) in [6, 6.07) is 1.84. The summed E-state index contributed by atoms with van der Waals surface area (Å²) in [5, 5.41) is 0. The van der Waals surface area contributed by atoms with Crippen LogP contribution in [0, 0.1) is 6.92 Å². The van der Waals surface area contributed by atoms with Crippen molar-refractivity contribution in [3.8, 4) is 0 Å². The number of rotatable bonds is 4. The number of nitrogens with zero attached hydrogens (tertiary/aromatic N) is 4.